The Morgan fingerprint density at radius 2 is 2.16 bits per heavy atom. The van der Waals surface area contributed by atoms with Crippen LogP contribution in [0.15, 0.2) is 27.6 Å². The molecule has 2 N–H and O–H groups in total. The lowest BCUT2D eigenvalue weighted by Gasteiger charge is -2.30. The standard InChI is InChI=1S/C13H19BrN2O2S/c1-9-6-7-15-8-11(9)16-19(17,18)12-5-3-4-10(2)13(12)14/h3-5,9,11,15-16H,6-8H2,1-2H3. The van der Waals surface area contributed by atoms with Gasteiger partial charge in [0.1, 0.15) is 0 Å². The molecule has 1 heterocycles. The molecule has 0 aromatic heterocycles. The van der Waals surface area contributed by atoms with Gasteiger partial charge in [-0.1, -0.05) is 19.1 Å². The lowest BCUT2D eigenvalue weighted by Crippen LogP contribution is -2.50. The average molecular weight is 347 g/mol. The first-order valence-electron chi connectivity index (χ1n) is 6.40. The number of benzene rings is 1. The van der Waals surface area contributed by atoms with E-state index in [1.165, 1.54) is 0 Å². The molecule has 0 bridgehead atoms. The molecule has 2 atom stereocenters. The Balaban J connectivity index is 2.25. The number of hydrogen-bond acceptors (Lipinski definition) is 3. The van der Waals surface area contributed by atoms with Gasteiger partial charge < -0.3 is 5.32 Å². The van der Waals surface area contributed by atoms with Crippen LogP contribution in [0.1, 0.15) is 18.9 Å². The normalized spacial score (nSPS) is 24.4. The predicted molar refractivity (Wildman–Crippen MR) is 79.6 cm³/mol. The summed E-state index contributed by atoms with van der Waals surface area (Å²) in [6, 6.07) is 5.22. The highest BCUT2D eigenvalue weighted by atomic mass is 79.9. The van der Waals surface area contributed by atoms with Crippen molar-refractivity contribution in [2.24, 2.45) is 5.92 Å². The van der Waals surface area contributed by atoms with Crippen LogP contribution in [0.3, 0.4) is 0 Å². The Bertz CT molecular complexity index is 560. The van der Waals surface area contributed by atoms with E-state index in [0.717, 1.165) is 18.5 Å². The minimum atomic E-state index is -3.48. The van der Waals surface area contributed by atoms with Crippen molar-refractivity contribution in [2.75, 3.05) is 13.1 Å². The summed E-state index contributed by atoms with van der Waals surface area (Å²) in [6.07, 6.45) is 0.988. The van der Waals surface area contributed by atoms with Gasteiger partial charge in [-0.15, -0.1) is 0 Å². The molecule has 2 rings (SSSR count). The van der Waals surface area contributed by atoms with Crippen LogP contribution in [0.25, 0.3) is 0 Å². The maximum atomic E-state index is 12.5. The molecule has 0 radical (unpaired) electrons. The zero-order valence-electron chi connectivity index (χ0n) is 11.1. The first-order chi connectivity index (χ1) is 8.92. The van der Waals surface area contributed by atoms with Crippen molar-refractivity contribution >= 4 is 26.0 Å². The summed E-state index contributed by atoms with van der Waals surface area (Å²) in [4.78, 5) is 0.310. The number of hydrogen-bond donors (Lipinski definition) is 2. The van der Waals surface area contributed by atoms with Gasteiger partial charge in [0.15, 0.2) is 0 Å². The van der Waals surface area contributed by atoms with Gasteiger partial charge in [0.25, 0.3) is 0 Å². The van der Waals surface area contributed by atoms with Crippen LogP contribution < -0.4 is 10.0 Å². The molecule has 1 aromatic rings. The van der Waals surface area contributed by atoms with Gasteiger partial charge in [-0.3, -0.25) is 0 Å². The van der Waals surface area contributed by atoms with Crippen molar-refractivity contribution in [3.8, 4) is 0 Å². The molecule has 0 aliphatic carbocycles. The zero-order valence-corrected chi connectivity index (χ0v) is 13.5. The SMILES string of the molecule is Cc1cccc(S(=O)(=O)NC2CNCCC2C)c1Br. The molecule has 1 fully saturated rings. The van der Waals surface area contributed by atoms with Crippen LogP contribution >= 0.6 is 15.9 Å². The van der Waals surface area contributed by atoms with E-state index in [0.29, 0.717) is 21.8 Å². The van der Waals surface area contributed by atoms with Gasteiger partial charge in [0.05, 0.1) is 4.90 Å². The lowest BCUT2D eigenvalue weighted by atomic mass is 9.96. The first kappa shape index (κ1) is 15.0. The van der Waals surface area contributed by atoms with Crippen LogP contribution in [0.5, 0.6) is 0 Å². The highest BCUT2D eigenvalue weighted by molar-refractivity contribution is 9.10. The van der Waals surface area contributed by atoms with Crippen LogP contribution in [0.4, 0.5) is 0 Å². The molecule has 4 nitrogen and oxygen atoms in total. The summed E-state index contributed by atoms with van der Waals surface area (Å²) < 4.78 is 28.3. The van der Waals surface area contributed by atoms with Crippen LogP contribution in [-0.4, -0.2) is 27.5 Å². The molecule has 0 saturated carbocycles. The molecule has 106 valence electrons. The predicted octanol–water partition coefficient (Wildman–Crippen LogP) is 2.03. The van der Waals surface area contributed by atoms with E-state index in [9.17, 15) is 8.42 Å². The highest BCUT2D eigenvalue weighted by Gasteiger charge is 2.27. The second kappa shape index (κ2) is 5.91. The van der Waals surface area contributed by atoms with Crippen molar-refractivity contribution in [3.05, 3.63) is 28.2 Å². The molecule has 6 heteroatoms. The second-order valence-electron chi connectivity index (χ2n) is 5.08. The number of piperidine rings is 1. The number of nitrogens with one attached hydrogen (secondary N) is 2. The van der Waals surface area contributed by atoms with E-state index >= 15 is 0 Å². The van der Waals surface area contributed by atoms with E-state index in [4.69, 9.17) is 0 Å². The Kier molecular flexibility index (Phi) is 4.66. The second-order valence-corrected chi connectivity index (χ2v) is 7.56. The summed E-state index contributed by atoms with van der Waals surface area (Å²) in [5, 5.41) is 3.23. The van der Waals surface area contributed by atoms with Crippen LogP contribution in [0.2, 0.25) is 0 Å². The minimum absolute atomic E-state index is 0.0498. The number of halogens is 1. The molecule has 19 heavy (non-hydrogen) atoms. The maximum Gasteiger partial charge on any atom is 0.242 e. The van der Waals surface area contributed by atoms with Crippen molar-refractivity contribution in [1.82, 2.24) is 10.0 Å². The van der Waals surface area contributed by atoms with E-state index in [2.05, 4.69) is 32.9 Å². The Morgan fingerprint density at radius 1 is 1.42 bits per heavy atom. The molecule has 1 saturated heterocycles. The summed E-state index contributed by atoms with van der Waals surface area (Å²) in [5.41, 5.74) is 0.915. The fourth-order valence-electron chi connectivity index (χ4n) is 2.24. The molecule has 2 unspecified atom stereocenters. The summed E-state index contributed by atoms with van der Waals surface area (Å²) in [7, 11) is -3.48. The molecular formula is C13H19BrN2O2S. The average Bonchev–Trinajstić information content (AvgIpc) is 2.35. The monoisotopic (exact) mass is 346 g/mol. The number of aryl methyl sites for hydroxylation is 1. The number of rotatable bonds is 3. The zero-order chi connectivity index (χ0) is 14.0. The lowest BCUT2D eigenvalue weighted by molar-refractivity contribution is 0.327. The van der Waals surface area contributed by atoms with Crippen molar-refractivity contribution in [2.45, 2.75) is 31.2 Å². The van der Waals surface area contributed by atoms with Crippen LogP contribution in [0, 0.1) is 12.8 Å². The van der Waals surface area contributed by atoms with Crippen molar-refractivity contribution in [1.29, 1.82) is 0 Å². The van der Waals surface area contributed by atoms with Crippen molar-refractivity contribution < 1.29 is 8.42 Å². The largest absolute Gasteiger partial charge is 0.315 e. The van der Waals surface area contributed by atoms with E-state index in [1.54, 1.807) is 12.1 Å². The third-order valence-corrected chi connectivity index (χ3v) is 6.43. The molecular weight excluding hydrogens is 328 g/mol. The van der Waals surface area contributed by atoms with E-state index < -0.39 is 10.0 Å². The van der Waals surface area contributed by atoms with Crippen LogP contribution in [-0.2, 0) is 10.0 Å². The Hall–Kier alpha value is -0.430. The fraction of sp³-hybridized carbons (Fsp3) is 0.538. The fourth-order valence-corrected chi connectivity index (χ4v) is 4.64. The molecule has 1 aliphatic heterocycles. The summed E-state index contributed by atoms with van der Waals surface area (Å²) in [5.74, 6) is 0.347. The van der Waals surface area contributed by atoms with E-state index in [-0.39, 0.29) is 6.04 Å². The quantitative estimate of drug-likeness (QED) is 0.880. The summed E-state index contributed by atoms with van der Waals surface area (Å²) in [6.45, 7) is 5.60. The number of sulfonamides is 1. The minimum Gasteiger partial charge on any atom is -0.315 e. The van der Waals surface area contributed by atoms with Gasteiger partial charge in [-0.2, -0.15) is 0 Å². The van der Waals surface area contributed by atoms with Crippen molar-refractivity contribution in [3.63, 3.8) is 0 Å². The third kappa shape index (κ3) is 3.37. The van der Waals surface area contributed by atoms with Gasteiger partial charge in [0, 0.05) is 17.1 Å². The smallest absolute Gasteiger partial charge is 0.242 e. The Labute approximate surface area is 123 Å². The molecule has 1 aliphatic rings. The van der Waals surface area contributed by atoms with E-state index in [1.807, 2.05) is 13.0 Å². The molecule has 0 spiro atoms. The molecule has 1 aromatic carbocycles. The van der Waals surface area contributed by atoms with Gasteiger partial charge in [-0.25, -0.2) is 13.1 Å². The summed E-state index contributed by atoms with van der Waals surface area (Å²) >= 11 is 3.36. The maximum absolute atomic E-state index is 12.5. The topological polar surface area (TPSA) is 58.2 Å². The van der Waals surface area contributed by atoms with Gasteiger partial charge in [-0.05, 0) is 53.4 Å². The molecule has 0 amide bonds. The van der Waals surface area contributed by atoms with Gasteiger partial charge in [0.2, 0.25) is 10.0 Å². The first-order valence-corrected chi connectivity index (χ1v) is 8.67. The van der Waals surface area contributed by atoms with Gasteiger partial charge >= 0.3 is 0 Å². The third-order valence-electron chi connectivity index (χ3n) is 3.58. The Morgan fingerprint density at radius 3 is 2.84 bits per heavy atom. The highest BCUT2D eigenvalue weighted by Crippen LogP contribution is 2.26.